The minimum atomic E-state index is -0.311. The Bertz CT molecular complexity index is 284. The van der Waals surface area contributed by atoms with Crippen molar-refractivity contribution >= 4 is 5.91 Å². The Hall–Kier alpha value is -0.570. The van der Waals surface area contributed by atoms with Crippen LogP contribution in [0.2, 0.25) is 0 Å². The number of nitrogens with two attached hydrogens (primary N) is 1. The molecule has 0 bridgehead atoms. The average molecular weight is 268 g/mol. The van der Waals surface area contributed by atoms with E-state index in [4.69, 9.17) is 5.73 Å². The molecule has 3 heteroatoms. The molecular formula is C16H32N2O. The maximum Gasteiger partial charge on any atom is 0.230 e. The largest absolute Gasteiger partial charge is 0.339 e. The van der Waals surface area contributed by atoms with Crippen molar-refractivity contribution in [3.8, 4) is 0 Å². The number of nitrogens with zero attached hydrogens (tertiary/aromatic N) is 1. The summed E-state index contributed by atoms with van der Waals surface area (Å²) in [4.78, 5) is 15.2. The molecule has 0 aromatic heterocycles. The summed E-state index contributed by atoms with van der Waals surface area (Å²) < 4.78 is 0. The molecule has 1 fully saturated rings. The lowest BCUT2D eigenvalue weighted by Gasteiger charge is -2.44. The van der Waals surface area contributed by atoms with E-state index in [9.17, 15) is 4.79 Å². The van der Waals surface area contributed by atoms with Crippen molar-refractivity contribution in [1.82, 2.24) is 4.90 Å². The molecule has 0 spiro atoms. The number of amides is 1. The van der Waals surface area contributed by atoms with Crippen LogP contribution in [0.25, 0.3) is 0 Å². The summed E-state index contributed by atoms with van der Waals surface area (Å²) >= 11 is 0. The van der Waals surface area contributed by atoms with Gasteiger partial charge in [-0.05, 0) is 38.5 Å². The third-order valence-electron chi connectivity index (χ3n) is 4.94. The summed E-state index contributed by atoms with van der Waals surface area (Å²) in [5.74, 6) is 0.925. The highest BCUT2D eigenvalue weighted by molar-refractivity contribution is 5.83. The van der Waals surface area contributed by atoms with Gasteiger partial charge in [-0.2, -0.15) is 0 Å². The highest BCUT2D eigenvalue weighted by Gasteiger charge is 2.41. The van der Waals surface area contributed by atoms with Gasteiger partial charge in [0.15, 0.2) is 0 Å². The van der Waals surface area contributed by atoms with Crippen molar-refractivity contribution in [3.63, 3.8) is 0 Å². The monoisotopic (exact) mass is 268 g/mol. The second-order valence-electron chi connectivity index (χ2n) is 6.34. The first-order valence-corrected chi connectivity index (χ1v) is 8.03. The molecule has 0 aliphatic carbocycles. The van der Waals surface area contributed by atoms with E-state index in [1.807, 2.05) is 0 Å². The summed E-state index contributed by atoms with van der Waals surface area (Å²) in [6.07, 6.45) is 6.28. The highest BCUT2D eigenvalue weighted by Crippen LogP contribution is 2.34. The van der Waals surface area contributed by atoms with Gasteiger partial charge in [0.05, 0.1) is 5.41 Å². The van der Waals surface area contributed by atoms with Gasteiger partial charge < -0.3 is 10.6 Å². The average Bonchev–Trinajstić information content (AvgIpc) is 2.40. The van der Waals surface area contributed by atoms with Gasteiger partial charge in [-0.3, -0.25) is 4.79 Å². The van der Waals surface area contributed by atoms with Gasteiger partial charge in [0, 0.05) is 19.1 Å². The number of carbonyl (C=O) groups is 1. The molecular weight excluding hydrogens is 236 g/mol. The summed E-state index contributed by atoms with van der Waals surface area (Å²) in [5, 5.41) is 0. The van der Waals surface area contributed by atoms with Crippen LogP contribution in [-0.2, 0) is 4.79 Å². The Morgan fingerprint density at radius 2 is 1.84 bits per heavy atom. The Balaban J connectivity index is 2.91. The van der Waals surface area contributed by atoms with Crippen LogP contribution in [0.1, 0.15) is 66.2 Å². The molecule has 2 atom stereocenters. The van der Waals surface area contributed by atoms with E-state index in [1.54, 1.807) is 0 Å². The van der Waals surface area contributed by atoms with Crippen molar-refractivity contribution in [2.45, 2.75) is 72.3 Å². The van der Waals surface area contributed by atoms with Crippen molar-refractivity contribution in [2.75, 3.05) is 13.1 Å². The van der Waals surface area contributed by atoms with Crippen LogP contribution in [0.3, 0.4) is 0 Å². The first-order valence-electron chi connectivity index (χ1n) is 8.03. The fraction of sp³-hybridized carbons (Fsp3) is 0.938. The minimum Gasteiger partial charge on any atom is -0.339 e. The van der Waals surface area contributed by atoms with Crippen LogP contribution in [0.5, 0.6) is 0 Å². The first kappa shape index (κ1) is 16.5. The Morgan fingerprint density at radius 3 is 2.32 bits per heavy atom. The van der Waals surface area contributed by atoms with Crippen molar-refractivity contribution in [1.29, 1.82) is 0 Å². The van der Waals surface area contributed by atoms with E-state index in [0.717, 1.165) is 38.6 Å². The molecule has 3 nitrogen and oxygen atoms in total. The predicted molar refractivity (Wildman–Crippen MR) is 80.9 cm³/mol. The van der Waals surface area contributed by atoms with Gasteiger partial charge in [0.1, 0.15) is 0 Å². The van der Waals surface area contributed by atoms with Crippen LogP contribution in [0.15, 0.2) is 0 Å². The van der Waals surface area contributed by atoms with E-state index in [0.29, 0.717) is 24.4 Å². The zero-order valence-corrected chi connectivity index (χ0v) is 13.2. The lowest BCUT2D eigenvalue weighted by molar-refractivity contribution is -0.147. The molecule has 0 saturated carbocycles. The lowest BCUT2D eigenvalue weighted by Crippen LogP contribution is -2.54. The third-order valence-corrected chi connectivity index (χ3v) is 4.94. The molecule has 0 aromatic rings. The van der Waals surface area contributed by atoms with Crippen molar-refractivity contribution < 1.29 is 4.79 Å². The SMILES string of the molecule is CCCC(CN)(CCC)C(=O)N1CCCC(C)C1C. The fourth-order valence-corrected chi connectivity index (χ4v) is 3.51. The van der Waals surface area contributed by atoms with E-state index in [2.05, 4.69) is 32.6 Å². The number of piperidine rings is 1. The van der Waals surface area contributed by atoms with Gasteiger partial charge in [0.25, 0.3) is 0 Å². The highest BCUT2D eigenvalue weighted by atomic mass is 16.2. The number of hydrogen-bond acceptors (Lipinski definition) is 2. The lowest BCUT2D eigenvalue weighted by atomic mass is 9.76. The quantitative estimate of drug-likeness (QED) is 0.804. The Labute approximate surface area is 118 Å². The van der Waals surface area contributed by atoms with Gasteiger partial charge in [0.2, 0.25) is 5.91 Å². The van der Waals surface area contributed by atoms with Gasteiger partial charge >= 0.3 is 0 Å². The topological polar surface area (TPSA) is 46.3 Å². The van der Waals surface area contributed by atoms with Crippen LogP contribution in [0, 0.1) is 11.3 Å². The standard InChI is InChI=1S/C16H32N2O/c1-5-9-16(12-17,10-6-2)15(19)18-11-7-8-13(3)14(18)4/h13-14H,5-12,17H2,1-4H3. The molecule has 0 aromatic carbocycles. The molecule has 2 unspecified atom stereocenters. The molecule has 1 aliphatic heterocycles. The Morgan fingerprint density at radius 1 is 1.26 bits per heavy atom. The van der Waals surface area contributed by atoms with E-state index >= 15 is 0 Å². The second-order valence-corrected chi connectivity index (χ2v) is 6.34. The molecule has 1 rings (SSSR count). The van der Waals surface area contributed by atoms with Crippen LogP contribution in [-0.4, -0.2) is 29.9 Å². The molecule has 1 amide bonds. The van der Waals surface area contributed by atoms with Crippen LogP contribution in [0.4, 0.5) is 0 Å². The number of likely N-dealkylation sites (tertiary alicyclic amines) is 1. The van der Waals surface area contributed by atoms with Crippen LogP contribution >= 0.6 is 0 Å². The summed E-state index contributed by atoms with van der Waals surface area (Å²) in [7, 11) is 0. The fourth-order valence-electron chi connectivity index (χ4n) is 3.51. The van der Waals surface area contributed by atoms with Crippen molar-refractivity contribution in [3.05, 3.63) is 0 Å². The van der Waals surface area contributed by atoms with Crippen LogP contribution < -0.4 is 5.73 Å². The zero-order chi connectivity index (χ0) is 14.5. The molecule has 112 valence electrons. The van der Waals surface area contributed by atoms with E-state index in [-0.39, 0.29) is 5.41 Å². The maximum atomic E-state index is 13.0. The van der Waals surface area contributed by atoms with Gasteiger partial charge in [-0.25, -0.2) is 0 Å². The molecule has 19 heavy (non-hydrogen) atoms. The zero-order valence-electron chi connectivity index (χ0n) is 13.2. The first-order chi connectivity index (χ1) is 9.02. The predicted octanol–water partition coefficient (Wildman–Crippen LogP) is 3.18. The summed E-state index contributed by atoms with van der Waals surface area (Å²) in [5.41, 5.74) is 5.71. The maximum absolute atomic E-state index is 13.0. The second kappa shape index (κ2) is 7.28. The van der Waals surface area contributed by atoms with Gasteiger partial charge in [-0.15, -0.1) is 0 Å². The molecule has 1 heterocycles. The smallest absolute Gasteiger partial charge is 0.230 e. The van der Waals surface area contributed by atoms with Crippen molar-refractivity contribution in [2.24, 2.45) is 17.1 Å². The minimum absolute atomic E-state index is 0.311. The van der Waals surface area contributed by atoms with Gasteiger partial charge in [-0.1, -0.05) is 33.6 Å². The number of rotatable bonds is 6. The molecule has 2 N–H and O–H groups in total. The van der Waals surface area contributed by atoms with E-state index < -0.39 is 0 Å². The third kappa shape index (κ3) is 3.50. The normalized spacial score (nSPS) is 24.6. The number of carbonyl (C=O) groups excluding carboxylic acids is 1. The number of hydrogen-bond donors (Lipinski definition) is 1. The molecule has 0 radical (unpaired) electrons. The summed E-state index contributed by atoms with van der Waals surface area (Å²) in [6.45, 7) is 10.2. The Kier molecular flexibility index (Phi) is 6.31. The summed E-state index contributed by atoms with van der Waals surface area (Å²) in [6, 6.07) is 0.362. The molecule has 1 aliphatic rings. The van der Waals surface area contributed by atoms with E-state index in [1.165, 1.54) is 6.42 Å². The molecule has 1 saturated heterocycles.